The minimum Gasteiger partial charge on any atom is -0.368 e. The molecule has 0 N–H and O–H groups in total. The lowest BCUT2D eigenvalue weighted by Gasteiger charge is -2.37. The summed E-state index contributed by atoms with van der Waals surface area (Å²) in [7, 11) is 0. The molecular formula is C18H26Cl2N4. The van der Waals surface area contributed by atoms with Crippen molar-refractivity contribution in [3.63, 3.8) is 0 Å². The molecule has 4 nitrogen and oxygen atoms in total. The predicted molar refractivity (Wildman–Crippen MR) is 106 cm³/mol. The van der Waals surface area contributed by atoms with E-state index in [4.69, 9.17) is 0 Å². The molecule has 0 amide bonds. The Kier molecular flexibility index (Phi) is 7.30. The van der Waals surface area contributed by atoms with E-state index in [0.29, 0.717) is 0 Å². The van der Waals surface area contributed by atoms with Crippen molar-refractivity contribution in [1.82, 2.24) is 9.97 Å². The molecule has 2 aromatic heterocycles. The number of aromatic nitrogens is 2. The fraction of sp³-hybridized carbons (Fsp3) is 0.444. The van der Waals surface area contributed by atoms with Gasteiger partial charge in [0.2, 0.25) is 0 Å². The van der Waals surface area contributed by atoms with Crippen molar-refractivity contribution < 1.29 is 0 Å². The maximum absolute atomic E-state index is 4.47. The van der Waals surface area contributed by atoms with Gasteiger partial charge in [-0.15, -0.1) is 24.8 Å². The molecule has 0 spiro atoms. The molecule has 1 aliphatic rings. The lowest BCUT2D eigenvalue weighted by atomic mass is 10.2. The first-order chi connectivity index (χ1) is 10.5. The first-order valence-corrected chi connectivity index (χ1v) is 7.92. The molecule has 2 aromatic rings. The van der Waals surface area contributed by atoms with E-state index in [2.05, 4.69) is 71.7 Å². The van der Waals surface area contributed by atoms with Gasteiger partial charge >= 0.3 is 0 Å². The minimum absolute atomic E-state index is 0. The average Bonchev–Trinajstić information content (AvgIpc) is 2.45. The summed E-state index contributed by atoms with van der Waals surface area (Å²) in [5.74, 6) is 0. The number of halogens is 2. The van der Waals surface area contributed by atoms with E-state index in [1.165, 1.54) is 11.4 Å². The summed E-state index contributed by atoms with van der Waals surface area (Å²) in [5.41, 5.74) is 6.98. The molecule has 24 heavy (non-hydrogen) atoms. The summed E-state index contributed by atoms with van der Waals surface area (Å²) in [6.45, 7) is 12.4. The van der Waals surface area contributed by atoms with Crippen LogP contribution in [0.15, 0.2) is 24.3 Å². The standard InChI is InChI=1S/C18H24N4.2ClH/c1-13-9-17(10-14(2)19-13)21-5-7-22(8-6-21)18-11-15(3)20-16(4)12-18;;/h9-12H,5-8H2,1-4H3;2*1H. The molecule has 0 saturated carbocycles. The molecule has 1 aliphatic heterocycles. The number of pyridine rings is 2. The molecule has 0 bridgehead atoms. The van der Waals surface area contributed by atoms with Gasteiger partial charge in [-0.2, -0.15) is 0 Å². The second-order valence-corrected chi connectivity index (χ2v) is 6.19. The van der Waals surface area contributed by atoms with Crippen molar-refractivity contribution in [2.24, 2.45) is 0 Å². The first kappa shape index (κ1) is 20.5. The zero-order chi connectivity index (χ0) is 15.7. The number of aryl methyl sites for hydroxylation is 4. The Morgan fingerprint density at radius 2 is 0.833 bits per heavy atom. The highest BCUT2D eigenvalue weighted by Crippen LogP contribution is 2.22. The molecular weight excluding hydrogens is 343 g/mol. The van der Waals surface area contributed by atoms with Crippen LogP contribution in [0.2, 0.25) is 0 Å². The van der Waals surface area contributed by atoms with Crippen LogP contribution in [-0.2, 0) is 0 Å². The van der Waals surface area contributed by atoms with Gasteiger partial charge in [0, 0.05) is 60.3 Å². The topological polar surface area (TPSA) is 32.3 Å². The Labute approximate surface area is 157 Å². The van der Waals surface area contributed by atoms with E-state index in [1.54, 1.807) is 0 Å². The fourth-order valence-corrected chi connectivity index (χ4v) is 3.21. The van der Waals surface area contributed by atoms with Crippen molar-refractivity contribution in [1.29, 1.82) is 0 Å². The third kappa shape index (κ3) is 4.74. The summed E-state index contributed by atoms with van der Waals surface area (Å²) >= 11 is 0. The van der Waals surface area contributed by atoms with Crippen molar-refractivity contribution >= 4 is 36.2 Å². The van der Waals surface area contributed by atoms with Gasteiger partial charge in [0.25, 0.3) is 0 Å². The van der Waals surface area contributed by atoms with Crippen molar-refractivity contribution in [2.45, 2.75) is 27.7 Å². The van der Waals surface area contributed by atoms with Gasteiger partial charge in [-0.25, -0.2) is 0 Å². The zero-order valence-corrected chi connectivity index (χ0v) is 16.4. The minimum atomic E-state index is 0. The largest absolute Gasteiger partial charge is 0.368 e. The highest BCUT2D eigenvalue weighted by molar-refractivity contribution is 5.85. The van der Waals surface area contributed by atoms with Gasteiger partial charge < -0.3 is 9.80 Å². The fourth-order valence-electron chi connectivity index (χ4n) is 3.21. The monoisotopic (exact) mass is 368 g/mol. The maximum Gasteiger partial charge on any atom is 0.0403 e. The molecule has 0 radical (unpaired) electrons. The van der Waals surface area contributed by atoms with E-state index in [9.17, 15) is 0 Å². The van der Waals surface area contributed by atoms with Crippen molar-refractivity contribution in [2.75, 3.05) is 36.0 Å². The van der Waals surface area contributed by atoms with Crippen molar-refractivity contribution in [3.05, 3.63) is 47.0 Å². The Hall–Kier alpha value is -1.52. The van der Waals surface area contributed by atoms with E-state index < -0.39 is 0 Å². The van der Waals surface area contributed by atoms with E-state index in [0.717, 1.165) is 49.0 Å². The number of rotatable bonds is 2. The molecule has 0 aromatic carbocycles. The number of piperazine rings is 1. The quantitative estimate of drug-likeness (QED) is 0.804. The molecule has 3 rings (SSSR count). The van der Waals surface area contributed by atoms with Crippen LogP contribution >= 0.6 is 24.8 Å². The molecule has 0 aliphatic carbocycles. The summed E-state index contributed by atoms with van der Waals surface area (Å²) in [4.78, 5) is 13.8. The average molecular weight is 369 g/mol. The highest BCUT2D eigenvalue weighted by Gasteiger charge is 2.18. The van der Waals surface area contributed by atoms with Crippen LogP contribution in [0.4, 0.5) is 11.4 Å². The van der Waals surface area contributed by atoms with Crippen LogP contribution in [-0.4, -0.2) is 36.1 Å². The maximum atomic E-state index is 4.47. The second-order valence-electron chi connectivity index (χ2n) is 6.19. The molecule has 3 heterocycles. The summed E-state index contributed by atoms with van der Waals surface area (Å²) in [6, 6.07) is 8.74. The highest BCUT2D eigenvalue weighted by atomic mass is 35.5. The Bertz CT molecular complexity index is 583. The Morgan fingerprint density at radius 3 is 1.08 bits per heavy atom. The third-order valence-corrected chi connectivity index (χ3v) is 4.14. The second kappa shape index (κ2) is 8.54. The Morgan fingerprint density at radius 1 is 0.583 bits per heavy atom. The molecule has 6 heteroatoms. The lowest BCUT2D eigenvalue weighted by molar-refractivity contribution is 0.652. The molecule has 132 valence electrons. The smallest absolute Gasteiger partial charge is 0.0403 e. The van der Waals surface area contributed by atoms with Gasteiger partial charge in [-0.05, 0) is 52.0 Å². The number of hydrogen-bond donors (Lipinski definition) is 0. The van der Waals surface area contributed by atoms with E-state index >= 15 is 0 Å². The van der Waals surface area contributed by atoms with Crippen LogP contribution in [0.25, 0.3) is 0 Å². The van der Waals surface area contributed by atoms with E-state index in [-0.39, 0.29) is 24.8 Å². The molecule has 1 fully saturated rings. The summed E-state index contributed by atoms with van der Waals surface area (Å²) in [5, 5.41) is 0. The summed E-state index contributed by atoms with van der Waals surface area (Å²) in [6.07, 6.45) is 0. The lowest BCUT2D eigenvalue weighted by Crippen LogP contribution is -2.46. The third-order valence-electron chi connectivity index (χ3n) is 4.14. The first-order valence-electron chi connectivity index (χ1n) is 7.92. The van der Waals surface area contributed by atoms with Crippen LogP contribution < -0.4 is 9.80 Å². The number of hydrogen-bond acceptors (Lipinski definition) is 4. The van der Waals surface area contributed by atoms with Crippen LogP contribution in [0, 0.1) is 27.7 Å². The van der Waals surface area contributed by atoms with Crippen molar-refractivity contribution in [3.8, 4) is 0 Å². The SMILES string of the molecule is Cc1cc(N2CCN(c3cc(C)nc(C)c3)CC2)cc(C)n1.Cl.Cl. The molecule has 0 unspecified atom stereocenters. The molecule has 1 saturated heterocycles. The number of nitrogens with zero attached hydrogens (tertiary/aromatic N) is 4. The van der Waals surface area contributed by atoms with Gasteiger partial charge in [0.1, 0.15) is 0 Å². The van der Waals surface area contributed by atoms with E-state index in [1.807, 2.05) is 0 Å². The van der Waals surface area contributed by atoms with Gasteiger partial charge in [-0.3, -0.25) is 9.97 Å². The van der Waals surface area contributed by atoms with Gasteiger partial charge in [0.05, 0.1) is 0 Å². The Balaban J connectivity index is 0.00000144. The van der Waals surface area contributed by atoms with Crippen LogP contribution in [0.3, 0.4) is 0 Å². The van der Waals surface area contributed by atoms with Crippen LogP contribution in [0.1, 0.15) is 22.8 Å². The predicted octanol–water partition coefficient (Wildman–Crippen LogP) is 3.88. The zero-order valence-electron chi connectivity index (χ0n) is 14.7. The summed E-state index contributed by atoms with van der Waals surface area (Å²) < 4.78 is 0. The van der Waals surface area contributed by atoms with Gasteiger partial charge in [0.15, 0.2) is 0 Å². The number of anilines is 2. The van der Waals surface area contributed by atoms with Crippen LogP contribution in [0.5, 0.6) is 0 Å². The normalized spacial score (nSPS) is 14.0. The van der Waals surface area contributed by atoms with Gasteiger partial charge in [-0.1, -0.05) is 0 Å². The molecule has 0 atom stereocenters.